The summed E-state index contributed by atoms with van der Waals surface area (Å²) in [5, 5.41) is 0.627. The molecule has 0 saturated carbocycles. The van der Waals surface area contributed by atoms with Crippen LogP contribution in [0.2, 0.25) is 5.02 Å². The van der Waals surface area contributed by atoms with E-state index in [9.17, 15) is 4.21 Å². The fourth-order valence-electron chi connectivity index (χ4n) is 1.72. The van der Waals surface area contributed by atoms with E-state index in [4.69, 9.17) is 22.1 Å². The zero-order chi connectivity index (χ0) is 13.8. The molecule has 2 aromatic rings. The third kappa shape index (κ3) is 3.49. The molecule has 2 N–H and O–H groups in total. The quantitative estimate of drug-likeness (QED) is 0.881. The second-order valence-corrected chi connectivity index (χ2v) is 5.90. The lowest BCUT2D eigenvalue weighted by molar-refractivity contribution is 0.411. The highest BCUT2D eigenvalue weighted by Crippen LogP contribution is 2.24. The van der Waals surface area contributed by atoms with E-state index in [0.29, 0.717) is 22.2 Å². The van der Waals surface area contributed by atoms with Gasteiger partial charge < -0.3 is 10.5 Å². The van der Waals surface area contributed by atoms with Gasteiger partial charge in [0.2, 0.25) is 0 Å². The topological polar surface area (TPSA) is 52.3 Å². The fourth-order valence-corrected chi connectivity index (χ4v) is 2.96. The van der Waals surface area contributed by atoms with Gasteiger partial charge in [0.1, 0.15) is 5.75 Å². The maximum Gasteiger partial charge on any atom is 0.123 e. The molecule has 0 heterocycles. The van der Waals surface area contributed by atoms with Crippen LogP contribution in [0.1, 0.15) is 5.56 Å². The fraction of sp³-hybridized carbons (Fsp3) is 0.143. The summed E-state index contributed by atoms with van der Waals surface area (Å²) in [5.41, 5.74) is 7.20. The molecule has 0 saturated heterocycles. The van der Waals surface area contributed by atoms with Gasteiger partial charge in [-0.2, -0.15) is 0 Å². The number of hydrogen-bond donors (Lipinski definition) is 1. The van der Waals surface area contributed by atoms with Crippen molar-refractivity contribution in [2.24, 2.45) is 0 Å². The van der Waals surface area contributed by atoms with Crippen molar-refractivity contribution in [1.82, 2.24) is 0 Å². The Morgan fingerprint density at radius 2 is 1.89 bits per heavy atom. The summed E-state index contributed by atoms with van der Waals surface area (Å²) in [6.07, 6.45) is 0. The van der Waals surface area contributed by atoms with E-state index < -0.39 is 10.8 Å². The molecule has 1 unspecified atom stereocenters. The third-order valence-electron chi connectivity index (χ3n) is 2.67. The van der Waals surface area contributed by atoms with Crippen LogP contribution >= 0.6 is 11.6 Å². The molecule has 3 nitrogen and oxygen atoms in total. The lowest BCUT2D eigenvalue weighted by Crippen LogP contribution is -2.00. The van der Waals surface area contributed by atoms with Gasteiger partial charge >= 0.3 is 0 Å². The van der Waals surface area contributed by atoms with Crippen molar-refractivity contribution in [1.29, 1.82) is 0 Å². The summed E-state index contributed by atoms with van der Waals surface area (Å²) in [7, 11) is 0.427. The van der Waals surface area contributed by atoms with Crippen molar-refractivity contribution in [2.75, 3.05) is 12.8 Å². The predicted octanol–water partition coefficient (Wildman–Crippen LogP) is 3.24. The molecule has 0 amide bonds. The molecule has 0 aliphatic heterocycles. The van der Waals surface area contributed by atoms with E-state index in [-0.39, 0.29) is 0 Å². The van der Waals surface area contributed by atoms with Crippen molar-refractivity contribution in [2.45, 2.75) is 10.6 Å². The Kier molecular flexibility index (Phi) is 4.45. The lowest BCUT2D eigenvalue weighted by Gasteiger charge is -2.09. The molecule has 0 fully saturated rings. The second-order valence-electron chi connectivity index (χ2n) is 4.02. The molecule has 19 heavy (non-hydrogen) atoms. The highest BCUT2D eigenvalue weighted by atomic mass is 35.5. The average Bonchev–Trinajstić information content (AvgIpc) is 2.39. The normalized spacial score (nSPS) is 12.1. The first-order chi connectivity index (χ1) is 9.10. The van der Waals surface area contributed by atoms with Crippen LogP contribution in [0.4, 0.5) is 5.69 Å². The van der Waals surface area contributed by atoms with Gasteiger partial charge in [-0.25, -0.2) is 0 Å². The molecule has 1 atom stereocenters. The number of rotatable bonds is 4. The van der Waals surface area contributed by atoms with E-state index in [1.54, 1.807) is 49.6 Å². The van der Waals surface area contributed by atoms with E-state index in [0.717, 1.165) is 10.5 Å². The average molecular weight is 296 g/mol. The summed E-state index contributed by atoms with van der Waals surface area (Å²) in [5.74, 6) is 1.05. The Bertz CT molecular complexity index is 599. The number of benzene rings is 2. The van der Waals surface area contributed by atoms with E-state index in [2.05, 4.69) is 0 Å². The molecule has 0 spiro atoms. The predicted molar refractivity (Wildman–Crippen MR) is 79.0 cm³/mol. The Morgan fingerprint density at radius 1 is 1.21 bits per heavy atom. The SMILES string of the molecule is COc1ccc(N)cc1CS(=O)c1ccc(Cl)cc1. The molecular weight excluding hydrogens is 282 g/mol. The van der Waals surface area contributed by atoms with Crippen LogP contribution in [0, 0.1) is 0 Å². The van der Waals surface area contributed by atoms with Gasteiger partial charge in [-0.05, 0) is 42.5 Å². The number of methoxy groups -OCH3 is 1. The summed E-state index contributed by atoms with van der Waals surface area (Å²) in [6, 6.07) is 12.3. The lowest BCUT2D eigenvalue weighted by atomic mass is 10.2. The molecule has 2 aromatic carbocycles. The first-order valence-corrected chi connectivity index (χ1v) is 7.36. The maximum absolute atomic E-state index is 12.3. The second kappa shape index (κ2) is 6.08. The molecule has 2 rings (SSSR count). The van der Waals surface area contributed by atoms with E-state index in [1.165, 1.54) is 0 Å². The van der Waals surface area contributed by atoms with Gasteiger partial charge in [-0.1, -0.05) is 11.6 Å². The van der Waals surface area contributed by atoms with Gasteiger partial charge in [0.05, 0.1) is 23.7 Å². The standard InChI is InChI=1S/C14H14ClNO2S/c1-18-14-7-4-12(16)8-10(14)9-19(17)13-5-2-11(15)3-6-13/h2-8H,9,16H2,1H3. The molecule has 100 valence electrons. The number of hydrogen-bond acceptors (Lipinski definition) is 3. The maximum atomic E-state index is 12.3. The summed E-state index contributed by atoms with van der Waals surface area (Å²) < 4.78 is 17.5. The number of halogens is 1. The van der Waals surface area contributed by atoms with Gasteiger partial charge in [0.15, 0.2) is 0 Å². The molecule has 5 heteroatoms. The molecule has 0 aromatic heterocycles. The van der Waals surface area contributed by atoms with Crippen LogP contribution < -0.4 is 10.5 Å². The number of nitrogen functional groups attached to an aromatic ring is 1. The van der Waals surface area contributed by atoms with Crippen LogP contribution in [0.15, 0.2) is 47.4 Å². The zero-order valence-corrected chi connectivity index (χ0v) is 12.0. The van der Waals surface area contributed by atoms with Gasteiger partial charge in [-0.3, -0.25) is 4.21 Å². The first kappa shape index (κ1) is 13.9. The number of ether oxygens (including phenoxy) is 1. The van der Waals surface area contributed by atoms with Crippen LogP contribution in [0.25, 0.3) is 0 Å². The molecular formula is C14H14ClNO2S. The largest absolute Gasteiger partial charge is 0.496 e. The van der Waals surface area contributed by atoms with E-state index >= 15 is 0 Å². The Morgan fingerprint density at radius 3 is 2.53 bits per heavy atom. The molecule has 0 aliphatic rings. The van der Waals surface area contributed by atoms with Crippen molar-refractivity contribution in [3.63, 3.8) is 0 Å². The van der Waals surface area contributed by atoms with Gasteiger partial charge in [-0.15, -0.1) is 0 Å². The Balaban J connectivity index is 2.23. The smallest absolute Gasteiger partial charge is 0.123 e. The van der Waals surface area contributed by atoms with Gasteiger partial charge in [0, 0.05) is 21.2 Å². The molecule has 0 bridgehead atoms. The van der Waals surface area contributed by atoms with Crippen LogP contribution in [0.3, 0.4) is 0 Å². The molecule has 0 aliphatic carbocycles. The minimum Gasteiger partial charge on any atom is -0.496 e. The summed E-state index contributed by atoms with van der Waals surface area (Å²) in [6.45, 7) is 0. The van der Waals surface area contributed by atoms with Crippen LogP contribution in [0.5, 0.6) is 5.75 Å². The minimum atomic E-state index is -1.16. The van der Waals surface area contributed by atoms with Crippen molar-refractivity contribution < 1.29 is 8.95 Å². The Hall–Kier alpha value is -1.52. The highest BCUT2D eigenvalue weighted by molar-refractivity contribution is 7.84. The summed E-state index contributed by atoms with van der Waals surface area (Å²) >= 11 is 5.81. The highest BCUT2D eigenvalue weighted by Gasteiger charge is 2.10. The number of nitrogens with two attached hydrogens (primary N) is 1. The van der Waals surface area contributed by atoms with Crippen LogP contribution in [-0.2, 0) is 16.6 Å². The molecule has 0 radical (unpaired) electrons. The first-order valence-electron chi connectivity index (χ1n) is 5.66. The zero-order valence-electron chi connectivity index (χ0n) is 10.4. The number of anilines is 1. The van der Waals surface area contributed by atoms with E-state index in [1.807, 2.05) is 0 Å². The van der Waals surface area contributed by atoms with Crippen LogP contribution in [-0.4, -0.2) is 11.3 Å². The summed E-state index contributed by atoms with van der Waals surface area (Å²) in [4.78, 5) is 0.730. The van der Waals surface area contributed by atoms with Crippen molar-refractivity contribution >= 4 is 28.1 Å². The monoisotopic (exact) mass is 295 g/mol. The van der Waals surface area contributed by atoms with Gasteiger partial charge in [0.25, 0.3) is 0 Å². The van der Waals surface area contributed by atoms with Crippen molar-refractivity contribution in [3.05, 3.63) is 53.1 Å². The Labute approximate surface area is 119 Å². The third-order valence-corrected chi connectivity index (χ3v) is 4.29. The van der Waals surface area contributed by atoms with Crippen molar-refractivity contribution in [3.8, 4) is 5.75 Å². The minimum absolute atomic E-state index is 0.357.